The molecule has 38 heavy (non-hydrogen) atoms. The van der Waals surface area contributed by atoms with E-state index in [-0.39, 0.29) is 0 Å². The fourth-order valence-corrected chi connectivity index (χ4v) is 4.41. The van der Waals surface area contributed by atoms with E-state index >= 15 is 0 Å². The van der Waals surface area contributed by atoms with E-state index in [1.165, 1.54) is 18.8 Å². The monoisotopic (exact) mass is 516 g/mol. The lowest BCUT2D eigenvalue weighted by Gasteiger charge is -2.36. The van der Waals surface area contributed by atoms with Gasteiger partial charge in [-0.1, -0.05) is 74.3 Å². The van der Waals surface area contributed by atoms with Gasteiger partial charge in [0.1, 0.15) is 17.2 Å². The maximum atomic E-state index is 6.24. The van der Waals surface area contributed by atoms with Crippen LogP contribution in [0, 0.1) is 0 Å². The molecule has 3 atom stereocenters. The van der Waals surface area contributed by atoms with E-state index in [4.69, 9.17) is 28.4 Å². The van der Waals surface area contributed by atoms with Crippen LogP contribution < -0.4 is 14.2 Å². The first kappa shape index (κ1) is 28.3. The molecule has 0 N–H and O–H groups in total. The summed E-state index contributed by atoms with van der Waals surface area (Å²) in [5.41, 5.74) is 1.81. The molecule has 0 aliphatic rings. The number of hydrogen-bond acceptors (Lipinski definition) is 6. The summed E-state index contributed by atoms with van der Waals surface area (Å²) in [6, 6.07) is 23.5. The van der Waals surface area contributed by atoms with Gasteiger partial charge in [0, 0.05) is 37.5 Å². The number of para-hydroxylation sites is 3. The predicted molar refractivity (Wildman–Crippen MR) is 149 cm³/mol. The molecule has 6 nitrogen and oxygen atoms in total. The third kappa shape index (κ3) is 6.51. The Morgan fingerprint density at radius 2 is 0.789 bits per heavy atom. The Labute approximate surface area is 225 Å². The minimum absolute atomic E-state index is 0.557. The lowest BCUT2D eigenvalue weighted by Crippen LogP contribution is -2.30. The summed E-state index contributed by atoms with van der Waals surface area (Å²) in [5.74, 6) is 1.92. The third-order valence-electron chi connectivity index (χ3n) is 6.02. The number of rotatable bonds is 15. The van der Waals surface area contributed by atoms with Crippen LogP contribution in [0.5, 0.6) is 17.2 Å². The number of benzene rings is 3. The van der Waals surface area contributed by atoms with Crippen LogP contribution in [0.25, 0.3) is 0 Å². The first-order valence-electron chi connectivity index (χ1n) is 12.4. The van der Waals surface area contributed by atoms with E-state index < -0.39 is 24.3 Å². The Hall–Kier alpha value is -4.32. The van der Waals surface area contributed by atoms with Gasteiger partial charge in [-0.25, -0.2) is 0 Å². The molecule has 3 aromatic carbocycles. The van der Waals surface area contributed by atoms with Crippen molar-refractivity contribution in [3.8, 4) is 17.2 Å². The minimum Gasteiger partial charge on any atom is -0.463 e. The molecule has 0 heterocycles. The maximum absolute atomic E-state index is 6.24. The second kappa shape index (κ2) is 13.3. The van der Waals surface area contributed by atoms with Gasteiger partial charge in [0.05, 0.1) is 24.2 Å². The minimum atomic E-state index is -0.820. The summed E-state index contributed by atoms with van der Waals surface area (Å²) in [6.45, 7) is 18.5. The number of hydrogen-bond donors (Lipinski definition) is 0. The van der Waals surface area contributed by atoms with Crippen molar-refractivity contribution in [1.29, 1.82) is 0 Å². The Morgan fingerprint density at radius 1 is 0.526 bits per heavy atom. The average Bonchev–Trinajstić information content (AvgIpc) is 2.89. The second-order valence-electron chi connectivity index (χ2n) is 8.58. The molecule has 0 amide bonds. The zero-order valence-corrected chi connectivity index (χ0v) is 22.5. The van der Waals surface area contributed by atoms with Crippen molar-refractivity contribution in [1.82, 2.24) is 0 Å². The Balaban J connectivity index is 2.29. The van der Waals surface area contributed by atoms with Crippen molar-refractivity contribution in [2.45, 2.75) is 52.0 Å². The highest BCUT2D eigenvalue weighted by Gasteiger charge is 2.39. The molecule has 0 fully saturated rings. The molecule has 0 radical (unpaired) electrons. The van der Waals surface area contributed by atoms with E-state index in [1.807, 2.05) is 93.6 Å². The van der Waals surface area contributed by atoms with Gasteiger partial charge in [0.2, 0.25) is 18.9 Å². The van der Waals surface area contributed by atoms with Crippen LogP contribution in [0.2, 0.25) is 0 Å². The van der Waals surface area contributed by atoms with Crippen LogP contribution in [0.3, 0.4) is 0 Å². The molecular formula is C32H36O6. The van der Waals surface area contributed by atoms with E-state index in [2.05, 4.69) is 26.7 Å². The normalized spacial score (nSPS) is 14.5. The van der Waals surface area contributed by atoms with Crippen molar-refractivity contribution in [2.75, 3.05) is 0 Å². The van der Waals surface area contributed by atoms with Crippen LogP contribution in [0.4, 0.5) is 0 Å². The number of ether oxygens (including phenoxy) is 6. The third-order valence-corrected chi connectivity index (χ3v) is 6.02. The van der Waals surface area contributed by atoms with Gasteiger partial charge >= 0.3 is 0 Å². The zero-order valence-electron chi connectivity index (χ0n) is 22.5. The van der Waals surface area contributed by atoms with Crippen LogP contribution in [0.15, 0.2) is 111 Å². The highest BCUT2D eigenvalue weighted by atomic mass is 16.7. The van der Waals surface area contributed by atoms with Crippen molar-refractivity contribution in [2.24, 2.45) is 0 Å². The lowest BCUT2D eigenvalue weighted by atomic mass is 9.70. The van der Waals surface area contributed by atoms with Crippen molar-refractivity contribution >= 4 is 0 Å². The fraction of sp³-hybridized carbons (Fsp3) is 0.250. The van der Waals surface area contributed by atoms with Crippen LogP contribution >= 0.6 is 0 Å². The smallest absolute Gasteiger partial charge is 0.237 e. The molecule has 0 spiro atoms. The van der Waals surface area contributed by atoms with Crippen LogP contribution in [-0.4, -0.2) is 18.9 Å². The standard InChI is InChI=1S/C32H36O6/c1-8-33-23(4)36-29-20-14-11-17-26(29)32(7,27-18-12-15-21-30(27)37-24(5)34-9-2)28-19-13-16-22-31(28)38-25(6)35-10-3/h8-25H,1-3H2,4-7H3. The van der Waals surface area contributed by atoms with Gasteiger partial charge < -0.3 is 28.4 Å². The first-order valence-corrected chi connectivity index (χ1v) is 12.4. The average molecular weight is 517 g/mol. The van der Waals surface area contributed by atoms with Gasteiger partial charge in [-0.2, -0.15) is 0 Å². The molecule has 0 aromatic heterocycles. The SMILES string of the molecule is C=COC(C)Oc1ccccc1C(C)(c1ccccc1OC(C)OC=C)c1ccccc1OC(C)OC=C. The van der Waals surface area contributed by atoms with Crippen molar-refractivity contribution < 1.29 is 28.4 Å². The highest BCUT2D eigenvalue weighted by molar-refractivity contribution is 5.61. The zero-order chi connectivity index (χ0) is 27.5. The summed E-state index contributed by atoms with van der Waals surface area (Å²) in [6.07, 6.45) is 2.41. The Bertz CT molecular complexity index is 1070. The van der Waals surface area contributed by atoms with Crippen molar-refractivity contribution in [3.05, 3.63) is 128 Å². The summed E-state index contributed by atoms with van der Waals surface area (Å²) < 4.78 is 35.1. The quantitative estimate of drug-likeness (QED) is 0.117. The highest BCUT2D eigenvalue weighted by Crippen LogP contribution is 2.49. The van der Waals surface area contributed by atoms with E-state index in [0.29, 0.717) is 17.2 Å². The predicted octanol–water partition coefficient (Wildman–Crippen LogP) is 7.70. The van der Waals surface area contributed by atoms with Gasteiger partial charge in [-0.3, -0.25) is 0 Å². The van der Waals surface area contributed by atoms with Crippen molar-refractivity contribution in [3.63, 3.8) is 0 Å². The summed E-state index contributed by atoms with van der Waals surface area (Å²) >= 11 is 0. The summed E-state index contributed by atoms with van der Waals surface area (Å²) in [5, 5.41) is 0. The van der Waals surface area contributed by atoms with Gasteiger partial charge in [-0.15, -0.1) is 0 Å². The maximum Gasteiger partial charge on any atom is 0.237 e. The molecule has 0 aliphatic carbocycles. The first-order chi connectivity index (χ1) is 18.3. The van der Waals surface area contributed by atoms with E-state index in [9.17, 15) is 0 Å². The molecule has 6 heteroatoms. The van der Waals surface area contributed by atoms with E-state index in [0.717, 1.165) is 16.7 Å². The second-order valence-corrected chi connectivity index (χ2v) is 8.58. The topological polar surface area (TPSA) is 55.4 Å². The van der Waals surface area contributed by atoms with Gasteiger partial charge in [0.15, 0.2) is 0 Å². The van der Waals surface area contributed by atoms with Gasteiger partial charge in [-0.05, 0) is 25.1 Å². The van der Waals surface area contributed by atoms with Crippen LogP contribution in [0.1, 0.15) is 44.4 Å². The Morgan fingerprint density at radius 3 is 1.05 bits per heavy atom. The van der Waals surface area contributed by atoms with Gasteiger partial charge in [0.25, 0.3) is 0 Å². The molecule has 0 saturated heterocycles. The fourth-order valence-electron chi connectivity index (χ4n) is 4.41. The molecule has 0 saturated carbocycles. The largest absolute Gasteiger partial charge is 0.463 e. The summed E-state index contributed by atoms with van der Waals surface area (Å²) in [7, 11) is 0. The molecule has 200 valence electrons. The Kier molecular flexibility index (Phi) is 9.88. The molecule has 3 aromatic rings. The van der Waals surface area contributed by atoms with E-state index in [1.54, 1.807) is 0 Å². The molecule has 3 unspecified atom stereocenters. The molecule has 0 bridgehead atoms. The van der Waals surface area contributed by atoms with Crippen LogP contribution in [-0.2, 0) is 19.6 Å². The summed E-state index contributed by atoms with van der Waals surface area (Å²) in [4.78, 5) is 0. The molecule has 3 rings (SSSR count). The lowest BCUT2D eigenvalue weighted by molar-refractivity contribution is -0.0158. The molecular weight excluding hydrogens is 480 g/mol. The molecule has 0 aliphatic heterocycles.